The van der Waals surface area contributed by atoms with E-state index >= 15 is 0 Å². The van der Waals surface area contributed by atoms with Gasteiger partial charge < -0.3 is 4.90 Å². The molecule has 0 N–H and O–H groups in total. The lowest BCUT2D eigenvalue weighted by Gasteiger charge is -2.30. The van der Waals surface area contributed by atoms with Crippen LogP contribution in [0.3, 0.4) is 0 Å². The molecule has 0 fully saturated rings. The topological polar surface area (TPSA) is 96.1 Å². The van der Waals surface area contributed by atoms with Gasteiger partial charge in [-0.2, -0.15) is 18.4 Å². The largest absolute Gasteiger partial charge is 0.419 e. The second-order valence-corrected chi connectivity index (χ2v) is 11.9. The number of alkyl halides is 3. The summed E-state index contributed by atoms with van der Waals surface area (Å²) in [5, 5.41) is 10.9. The smallest absolute Gasteiger partial charge is 0.332 e. The molecule has 4 rings (SSSR count). The molecule has 2 aromatic carbocycles. The van der Waals surface area contributed by atoms with E-state index in [0.29, 0.717) is 39.4 Å². The fourth-order valence-electron chi connectivity index (χ4n) is 4.34. The Balaban J connectivity index is 1.80. The number of aromatic nitrogens is 2. The average molecular weight is 605 g/mol. The number of thiophene rings is 1. The number of nitrogens with zero attached hydrogens (tertiary/aromatic N) is 4. The van der Waals surface area contributed by atoms with Gasteiger partial charge in [-0.3, -0.25) is 18.4 Å². The lowest BCUT2D eigenvalue weighted by molar-refractivity contribution is -0.140. The molecule has 0 spiro atoms. The quantitative estimate of drug-likeness (QED) is 0.239. The van der Waals surface area contributed by atoms with Crippen LogP contribution in [-0.2, 0) is 28.2 Å². The van der Waals surface area contributed by atoms with Gasteiger partial charge in [-0.1, -0.05) is 13.0 Å². The summed E-state index contributed by atoms with van der Waals surface area (Å²) in [6, 6.07) is 11.4. The van der Waals surface area contributed by atoms with Crippen molar-refractivity contribution in [3.63, 3.8) is 0 Å². The van der Waals surface area contributed by atoms with Gasteiger partial charge in [-0.05, 0) is 60.3 Å². The summed E-state index contributed by atoms with van der Waals surface area (Å²) >= 11 is 1.20. The second-order valence-electron chi connectivity index (χ2n) is 9.09. The molecule has 0 saturated carbocycles. The lowest BCUT2D eigenvalue weighted by atomic mass is 10.1. The third-order valence-corrected chi connectivity index (χ3v) is 8.67. The Hall–Kier alpha value is -3.89. The van der Waals surface area contributed by atoms with Crippen LogP contribution in [0.1, 0.15) is 42.4 Å². The zero-order chi connectivity index (χ0) is 29.9. The maximum absolute atomic E-state index is 13.8. The molecule has 0 bridgehead atoms. The zero-order valence-corrected chi connectivity index (χ0v) is 23.6. The van der Waals surface area contributed by atoms with Crippen molar-refractivity contribution in [1.29, 1.82) is 5.26 Å². The highest BCUT2D eigenvalue weighted by Crippen LogP contribution is 2.32. The zero-order valence-electron chi connectivity index (χ0n) is 21.9. The van der Waals surface area contributed by atoms with Gasteiger partial charge in [0.2, 0.25) is 5.91 Å². The van der Waals surface area contributed by atoms with E-state index in [9.17, 15) is 36.6 Å². The van der Waals surface area contributed by atoms with E-state index in [-0.39, 0.29) is 23.7 Å². The number of rotatable bonds is 9. The van der Waals surface area contributed by atoms with Crippen molar-refractivity contribution < 1.29 is 26.6 Å². The fourth-order valence-corrected chi connectivity index (χ4v) is 5.79. The summed E-state index contributed by atoms with van der Waals surface area (Å²) in [7, 11) is -1.28. The molecule has 0 aliphatic carbocycles. The van der Waals surface area contributed by atoms with Gasteiger partial charge in [0, 0.05) is 28.9 Å². The number of hydrogen-bond acceptors (Lipinski definition) is 6. The van der Waals surface area contributed by atoms with Crippen LogP contribution in [-0.4, -0.2) is 42.6 Å². The minimum Gasteiger partial charge on any atom is -0.332 e. The van der Waals surface area contributed by atoms with Crippen molar-refractivity contribution in [2.24, 2.45) is 0 Å². The molecule has 13 heteroatoms. The first-order valence-electron chi connectivity index (χ1n) is 12.4. The Morgan fingerprint density at radius 1 is 1.20 bits per heavy atom. The normalized spacial score (nSPS) is 13.1. The Morgan fingerprint density at radius 3 is 2.54 bits per heavy atom. The number of hydrogen-bond donors (Lipinski definition) is 0. The van der Waals surface area contributed by atoms with Crippen LogP contribution < -0.4 is 5.56 Å². The number of nitriles is 1. The summed E-state index contributed by atoms with van der Waals surface area (Å²) in [5.74, 6) is -1.46. The Morgan fingerprint density at radius 2 is 1.90 bits per heavy atom. The van der Waals surface area contributed by atoms with Gasteiger partial charge in [-0.25, -0.2) is 9.37 Å². The van der Waals surface area contributed by atoms with E-state index in [2.05, 4.69) is 4.98 Å². The van der Waals surface area contributed by atoms with Crippen LogP contribution in [0.15, 0.2) is 58.7 Å². The second kappa shape index (κ2) is 12.3. The average Bonchev–Trinajstić information content (AvgIpc) is 3.42. The van der Waals surface area contributed by atoms with Gasteiger partial charge in [-0.15, -0.1) is 11.3 Å². The van der Waals surface area contributed by atoms with Crippen LogP contribution in [0.5, 0.6) is 0 Å². The van der Waals surface area contributed by atoms with Gasteiger partial charge in [0.25, 0.3) is 5.56 Å². The number of halogens is 4. The molecule has 2 aromatic heterocycles. The van der Waals surface area contributed by atoms with Crippen LogP contribution in [0.4, 0.5) is 17.6 Å². The molecule has 4 aromatic rings. The van der Waals surface area contributed by atoms with Crippen molar-refractivity contribution in [2.75, 3.05) is 18.1 Å². The van der Waals surface area contributed by atoms with Crippen LogP contribution in [0, 0.1) is 17.1 Å². The minimum atomic E-state index is -4.94. The monoisotopic (exact) mass is 604 g/mol. The first-order valence-corrected chi connectivity index (χ1v) is 14.8. The molecule has 41 heavy (non-hydrogen) atoms. The number of carbonyl (C=O) groups excluding carboxylic acids is 1. The maximum atomic E-state index is 13.8. The maximum Gasteiger partial charge on any atom is 0.419 e. The highest BCUT2D eigenvalue weighted by atomic mass is 32.2. The van der Waals surface area contributed by atoms with E-state index in [4.69, 9.17) is 0 Å². The predicted octanol–water partition coefficient (Wildman–Crippen LogP) is 5.38. The van der Waals surface area contributed by atoms with E-state index in [1.165, 1.54) is 32.9 Å². The van der Waals surface area contributed by atoms with Crippen molar-refractivity contribution in [3.8, 4) is 11.8 Å². The number of benzene rings is 2. The molecule has 0 aliphatic heterocycles. The van der Waals surface area contributed by atoms with E-state index in [1.807, 2.05) is 6.07 Å². The molecular formula is C28H24F4N4O3S2. The first-order chi connectivity index (χ1) is 19.4. The summed E-state index contributed by atoms with van der Waals surface area (Å²) in [6.07, 6.45) is -5.43. The van der Waals surface area contributed by atoms with Crippen molar-refractivity contribution >= 4 is 38.3 Å². The SMILES string of the molecule is CCS(=O)CCN(C(=O)Cc1ccc(F)c(C(F)(F)F)c1)C(C)c1nc2ccsc2c(=O)n1-c1ccc(C#N)cc1. The van der Waals surface area contributed by atoms with Crippen LogP contribution >= 0.6 is 11.3 Å². The third kappa shape index (κ3) is 6.55. The molecule has 2 heterocycles. The van der Waals surface area contributed by atoms with Crippen molar-refractivity contribution in [2.45, 2.75) is 32.5 Å². The molecule has 214 valence electrons. The first kappa shape index (κ1) is 30.1. The Bertz CT molecular complexity index is 1710. The molecule has 2 unspecified atom stereocenters. The lowest BCUT2D eigenvalue weighted by Crippen LogP contribution is -2.40. The van der Waals surface area contributed by atoms with E-state index in [1.54, 1.807) is 37.4 Å². The molecule has 2 atom stereocenters. The minimum absolute atomic E-state index is 0.0291. The molecule has 1 amide bonds. The Labute approximate surface area is 239 Å². The molecule has 0 aliphatic rings. The molecule has 0 saturated heterocycles. The highest BCUT2D eigenvalue weighted by molar-refractivity contribution is 7.84. The van der Waals surface area contributed by atoms with E-state index < -0.39 is 52.3 Å². The molecule has 7 nitrogen and oxygen atoms in total. The number of amides is 1. The third-order valence-electron chi connectivity index (χ3n) is 6.50. The van der Waals surface area contributed by atoms with Gasteiger partial charge in [0.15, 0.2) is 0 Å². The number of carbonyl (C=O) groups is 1. The summed E-state index contributed by atoms with van der Waals surface area (Å²) in [5.41, 5.74) is -0.745. The van der Waals surface area contributed by atoms with Crippen LogP contribution in [0.2, 0.25) is 0 Å². The molecule has 0 radical (unpaired) electrons. The van der Waals surface area contributed by atoms with Crippen molar-refractivity contribution in [1.82, 2.24) is 14.5 Å². The highest BCUT2D eigenvalue weighted by Gasteiger charge is 2.35. The standard InChI is InChI=1S/C28H24F4N4O3S2/c1-3-41(39)13-11-35(24(37)15-19-6-9-22(29)21(14-19)28(30,31)32)17(2)26-34-23-10-12-40-25(23)27(38)36(26)20-7-4-18(16-33)5-8-20/h4-10,12,14,17H,3,11,13,15H2,1-2H3. The van der Waals surface area contributed by atoms with E-state index in [0.717, 1.165) is 6.07 Å². The van der Waals surface area contributed by atoms with Gasteiger partial charge in [0.05, 0.1) is 40.9 Å². The summed E-state index contributed by atoms with van der Waals surface area (Å²) in [4.78, 5) is 33.2. The van der Waals surface area contributed by atoms with Crippen molar-refractivity contribution in [3.05, 3.63) is 92.6 Å². The molecular weight excluding hydrogens is 580 g/mol. The van der Waals surface area contributed by atoms with Gasteiger partial charge in [0.1, 0.15) is 16.3 Å². The summed E-state index contributed by atoms with van der Waals surface area (Å²) in [6.45, 7) is 3.31. The van der Waals surface area contributed by atoms with Crippen LogP contribution in [0.25, 0.3) is 15.9 Å². The predicted molar refractivity (Wildman–Crippen MR) is 149 cm³/mol. The number of fused-ring (bicyclic) bond motifs is 1. The summed E-state index contributed by atoms with van der Waals surface area (Å²) < 4.78 is 67.7. The fraction of sp³-hybridized carbons (Fsp3) is 0.286. The Kier molecular flexibility index (Phi) is 9.04. The van der Waals surface area contributed by atoms with Gasteiger partial charge >= 0.3 is 6.18 Å².